The lowest BCUT2D eigenvalue weighted by Gasteiger charge is -2.02. The van der Waals surface area contributed by atoms with Gasteiger partial charge >= 0.3 is 0 Å². The number of aromatic nitrogens is 2. The number of fused-ring (bicyclic) bond motifs is 2. The summed E-state index contributed by atoms with van der Waals surface area (Å²) in [5.41, 5.74) is 2.05. The lowest BCUT2D eigenvalue weighted by Crippen LogP contribution is -2.24. The number of carbonyl (C=O) groups is 2. The van der Waals surface area contributed by atoms with Gasteiger partial charge in [0.25, 0.3) is 11.8 Å². The lowest BCUT2D eigenvalue weighted by atomic mass is 10.1. The highest BCUT2D eigenvalue weighted by molar-refractivity contribution is 6.22. The molecule has 3 rings (SSSR count). The van der Waals surface area contributed by atoms with Crippen molar-refractivity contribution in [1.82, 2.24) is 14.9 Å². The van der Waals surface area contributed by atoms with Crippen LogP contribution in [0, 0.1) is 0 Å². The molecule has 0 N–H and O–H groups in total. The van der Waals surface area contributed by atoms with Gasteiger partial charge in [0.15, 0.2) is 0 Å². The standard InChI is InChI=1S/C11H7N3O2/c1-14-10(15)6-4-8-9(13-3-2-12-8)5-7(6)11(14)16/h2-5H,1H3. The number of nitrogens with zero attached hydrogens (tertiary/aromatic N) is 3. The Balaban J connectivity index is 2.38. The molecule has 0 aliphatic carbocycles. The van der Waals surface area contributed by atoms with Crippen LogP contribution in [0.2, 0.25) is 0 Å². The number of amides is 2. The second-order valence-electron chi connectivity index (χ2n) is 3.61. The summed E-state index contributed by atoms with van der Waals surface area (Å²) in [4.78, 5) is 32.7. The van der Waals surface area contributed by atoms with E-state index in [0.717, 1.165) is 4.90 Å². The maximum absolute atomic E-state index is 11.7. The Labute approximate surface area is 90.7 Å². The summed E-state index contributed by atoms with van der Waals surface area (Å²) in [5, 5.41) is 0. The van der Waals surface area contributed by atoms with Crippen LogP contribution in [0.5, 0.6) is 0 Å². The zero-order valence-corrected chi connectivity index (χ0v) is 8.47. The summed E-state index contributed by atoms with van der Waals surface area (Å²) >= 11 is 0. The third-order valence-corrected chi connectivity index (χ3v) is 2.68. The summed E-state index contributed by atoms with van der Waals surface area (Å²) in [5.74, 6) is -0.569. The van der Waals surface area contributed by atoms with Crippen LogP contribution < -0.4 is 0 Å². The number of hydrogen-bond acceptors (Lipinski definition) is 4. The van der Waals surface area contributed by atoms with Gasteiger partial charge in [-0.2, -0.15) is 0 Å². The Hall–Kier alpha value is -2.30. The molecule has 0 radical (unpaired) electrons. The monoisotopic (exact) mass is 213 g/mol. The van der Waals surface area contributed by atoms with E-state index < -0.39 is 0 Å². The molecule has 0 bridgehead atoms. The van der Waals surface area contributed by atoms with Gasteiger partial charge in [-0.1, -0.05) is 0 Å². The molecule has 16 heavy (non-hydrogen) atoms. The molecule has 0 saturated heterocycles. The van der Waals surface area contributed by atoms with E-state index in [0.29, 0.717) is 22.2 Å². The molecule has 1 aromatic carbocycles. The minimum Gasteiger partial charge on any atom is -0.277 e. The van der Waals surface area contributed by atoms with Crippen LogP contribution in [0.1, 0.15) is 20.7 Å². The molecule has 0 atom stereocenters. The van der Waals surface area contributed by atoms with E-state index >= 15 is 0 Å². The van der Waals surface area contributed by atoms with Gasteiger partial charge in [-0.3, -0.25) is 24.5 Å². The Bertz CT molecular complexity index is 582. The van der Waals surface area contributed by atoms with Crippen molar-refractivity contribution in [2.45, 2.75) is 0 Å². The first-order valence-corrected chi connectivity index (χ1v) is 4.75. The smallest absolute Gasteiger partial charge is 0.261 e. The van der Waals surface area contributed by atoms with E-state index in [1.165, 1.54) is 7.05 Å². The summed E-state index contributed by atoms with van der Waals surface area (Å²) in [6.07, 6.45) is 3.11. The molecule has 0 spiro atoms. The number of hydrogen-bond donors (Lipinski definition) is 0. The molecule has 1 aliphatic rings. The summed E-state index contributed by atoms with van der Waals surface area (Å²) in [7, 11) is 1.47. The molecule has 0 fully saturated rings. The fourth-order valence-corrected chi connectivity index (χ4v) is 1.82. The van der Waals surface area contributed by atoms with Crippen LogP contribution in [0.15, 0.2) is 24.5 Å². The van der Waals surface area contributed by atoms with Crippen LogP contribution in [0.25, 0.3) is 11.0 Å². The molecule has 0 saturated carbocycles. The van der Waals surface area contributed by atoms with Gasteiger partial charge in [-0.25, -0.2) is 0 Å². The van der Waals surface area contributed by atoms with Crippen LogP contribution in [-0.2, 0) is 0 Å². The van der Waals surface area contributed by atoms with Gasteiger partial charge in [-0.05, 0) is 12.1 Å². The summed E-state index contributed by atoms with van der Waals surface area (Å²) < 4.78 is 0. The van der Waals surface area contributed by atoms with Gasteiger partial charge in [0.05, 0.1) is 22.2 Å². The third-order valence-electron chi connectivity index (χ3n) is 2.68. The largest absolute Gasteiger partial charge is 0.277 e. The van der Waals surface area contributed by atoms with Crippen LogP contribution >= 0.6 is 0 Å². The van der Waals surface area contributed by atoms with Crippen molar-refractivity contribution >= 4 is 22.8 Å². The average molecular weight is 213 g/mol. The van der Waals surface area contributed by atoms with Crippen molar-refractivity contribution in [2.75, 3.05) is 7.05 Å². The van der Waals surface area contributed by atoms with Gasteiger partial charge in [0.2, 0.25) is 0 Å². The zero-order chi connectivity index (χ0) is 11.3. The van der Waals surface area contributed by atoms with Crippen molar-refractivity contribution < 1.29 is 9.59 Å². The lowest BCUT2D eigenvalue weighted by molar-refractivity contribution is 0.0693. The molecule has 5 nitrogen and oxygen atoms in total. The van der Waals surface area contributed by atoms with Crippen LogP contribution in [0.4, 0.5) is 0 Å². The molecule has 2 aromatic rings. The Morgan fingerprint density at radius 1 is 0.938 bits per heavy atom. The predicted octanol–water partition coefficient (Wildman–Crippen LogP) is 0.856. The van der Waals surface area contributed by atoms with Crippen molar-refractivity contribution in [2.24, 2.45) is 0 Å². The molecule has 1 aliphatic heterocycles. The predicted molar refractivity (Wildman–Crippen MR) is 56.0 cm³/mol. The molecular weight excluding hydrogens is 206 g/mol. The van der Waals surface area contributed by atoms with Crippen LogP contribution in [0.3, 0.4) is 0 Å². The van der Waals surface area contributed by atoms with Crippen molar-refractivity contribution in [3.05, 3.63) is 35.7 Å². The highest BCUT2D eigenvalue weighted by Crippen LogP contribution is 2.24. The van der Waals surface area contributed by atoms with Gasteiger partial charge in [0, 0.05) is 19.4 Å². The fraction of sp³-hybridized carbons (Fsp3) is 0.0909. The second-order valence-corrected chi connectivity index (χ2v) is 3.61. The maximum atomic E-state index is 11.7. The number of imide groups is 1. The number of carbonyl (C=O) groups excluding carboxylic acids is 2. The van der Waals surface area contributed by atoms with E-state index in [9.17, 15) is 9.59 Å². The van der Waals surface area contributed by atoms with E-state index in [-0.39, 0.29) is 11.8 Å². The number of rotatable bonds is 0. The minimum absolute atomic E-state index is 0.285. The Kier molecular flexibility index (Phi) is 1.60. The molecular formula is C11H7N3O2. The second kappa shape index (κ2) is 2.85. The third kappa shape index (κ3) is 0.995. The molecule has 0 unspecified atom stereocenters. The zero-order valence-electron chi connectivity index (χ0n) is 8.47. The highest BCUT2D eigenvalue weighted by atomic mass is 16.2. The Morgan fingerprint density at radius 2 is 1.38 bits per heavy atom. The van der Waals surface area contributed by atoms with Gasteiger partial charge in [-0.15, -0.1) is 0 Å². The normalized spacial score (nSPS) is 14.7. The SMILES string of the molecule is CN1C(=O)c2cc3nccnc3cc2C1=O. The first-order valence-electron chi connectivity index (χ1n) is 4.75. The molecule has 78 valence electrons. The maximum Gasteiger partial charge on any atom is 0.261 e. The molecule has 2 heterocycles. The van der Waals surface area contributed by atoms with Crippen molar-refractivity contribution in [1.29, 1.82) is 0 Å². The van der Waals surface area contributed by atoms with Crippen molar-refractivity contribution in [3.8, 4) is 0 Å². The van der Waals surface area contributed by atoms with E-state index in [1.807, 2.05) is 0 Å². The topological polar surface area (TPSA) is 63.2 Å². The van der Waals surface area contributed by atoms with E-state index in [2.05, 4.69) is 9.97 Å². The summed E-state index contributed by atoms with van der Waals surface area (Å²) in [6, 6.07) is 3.22. The van der Waals surface area contributed by atoms with Gasteiger partial charge < -0.3 is 0 Å². The Morgan fingerprint density at radius 3 is 1.81 bits per heavy atom. The van der Waals surface area contributed by atoms with Crippen LogP contribution in [-0.4, -0.2) is 33.7 Å². The van der Waals surface area contributed by atoms with E-state index in [1.54, 1.807) is 24.5 Å². The van der Waals surface area contributed by atoms with E-state index in [4.69, 9.17) is 0 Å². The summed E-state index contributed by atoms with van der Waals surface area (Å²) in [6.45, 7) is 0. The van der Waals surface area contributed by atoms with Crippen molar-refractivity contribution in [3.63, 3.8) is 0 Å². The molecule has 1 aromatic heterocycles. The first-order chi connectivity index (χ1) is 7.68. The first kappa shape index (κ1) is 8.96. The average Bonchev–Trinajstić information content (AvgIpc) is 2.52. The highest BCUT2D eigenvalue weighted by Gasteiger charge is 2.33. The number of benzene rings is 1. The molecule has 2 amide bonds. The minimum atomic E-state index is -0.285. The fourth-order valence-electron chi connectivity index (χ4n) is 1.82. The van der Waals surface area contributed by atoms with Gasteiger partial charge in [0.1, 0.15) is 0 Å². The molecule has 5 heteroatoms. The quantitative estimate of drug-likeness (QED) is 0.609.